The van der Waals surface area contributed by atoms with Gasteiger partial charge in [0, 0.05) is 6.20 Å². The van der Waals surface area contributed by atoms with Crippen LogP contribution in [-0.2, 0) is 4.79 Å². The quantitative estimate of drug-likeness (QED) is 0.660. The van der Waals surface area contributed by atoms with Crippen LogP contribution in [0.25, 0.3) is 5.57 Å². The normalized spacial score (nSPS) is 19.2. The van der Waals surface area contributed by atoms with Gasteiger partial charge in [-0.15, -0.1) is 0 Å². The summed E-state index contributed by atoms with van der Waals surface area (Å²) in [5.41, 5.74) is 2.87. The molecule has 0 fully saturated rings. The van der Waals surface area contributed by atoms with Crippen molar-refractivity contribution in [3.8, 4) is 5.75 Å². The molecule has 3 nitrogen and oxygen atoms in total. The minimum atomic E-state index is -0.297. The van der Waals surface area contributed by atoms with Crippen LogP contribution in [0.2, 0.25) is 0 Å². The summed E-state index contributed by atoms with van der Waals surface area (Å²) < 4.78 is 0. The highest BCUT2D eigenvalue weighted by molar-refractivity contribution is 5.76. The Morgan fingerprint density at radius 3 is 3.00 bits per heavy atom. The first-order valence-corrected chi connectivity index (χ1v) is 4.44. The van der Waals surface area contributed by atoms with E-state index in [1.807, 2.05) is 6.92 Å². The Morgan fingerprint density at radius 2 is 2.29 bits per heavy atom. The predicted octanol–water partition coefficient (Wildman–Crippen LogP) is 1.60. The van der Waals surface area contributed by atoms with Crippen LogP contribution < -0.4 is 5.32 Å². The second-order valence-electron chi connectivity index (χ2n) is 3.38. The lowest BCUT2D eigenvalue weighted by Gasteiger charge is -2.21. The Balaban J connectivity index is 2.58. The summed E-state index contributed by atoms with van der Waals surface area (Å²) in [7, 11) is 0. The van der Waals surface area contributed by atoms with Gasteiger partial charge in [0.05, 0.1) is 0 Å². The van der Waals surface area contributed by atoms with Crippen LogP contribution in [0.1, 0.15) is 24.1 Å². The van der Waals surface area contributed by atoms with Gasteiger partial charge in [-0.05, 0) is 35.8 Å². The fourth-order valence-corrected chi connectivity index (χ4v) is 1.65. The minimum absolute atomic E-state index is 0.225. The van der Waals surface area contributed by atoms with Crippen molar-refractivity contribution in [3.63, 3.8) is 0 Å². The number of phenolic OH excluding ortho intramolecular Hbond substituents is 1. The molecule has 0 aromatic heterocycles. The van der Waals surface area contributed by atoms with Gasteiger partial charge in [0.15, 0.2) is 0 Å². The Hall–Kier alpha value is -1.77. The summed E-state index contributed by atoms with van der Waals surface area (Å²) in [6, 6.07) is 4.75. The molecule has 72 valence electrons. The Labute approximate surface area is 82.1 Å². The van der Waals surface area contributed by atoms with Crippen molar-refractivity contribution in [2.24, 2.45) is 0 Å². The molecule has 0 saturated heterocycles. The van der Waals surface area contributed by atoms with E-state index in [2.05, 4.69) is 5.32 Å². The predicted molar refractivity (Wildman–Crippen MR) is 53.7 cm³/mol. The number of aromatic hydroxyl groups is 1. The molecule has 0 saturated carbocycles. The van der Waals surface area contributed by atoms with Crippen LogP contribution in [0.4, 0.5) is 0 Å². The number of carbonyl (C=O) groups excluding carboxylic acids is 1. The topological polar surface area (TPSA) is 49.3 Å². The van der Waals surface area contributed by atoms with E-state index in [9.17, 15) is 9.90 Å². The summed E-state index contributed by atoms with van der Waals surface area (Å²) in [6.45, 7) is 1.94. The average Bonchev–Trinajstić information content (AvgIpc) is 2.19. The van der Waals surface area contributed by atoms with Crippen LogP contribution in [0.15, 0.2) is 24.4 Å². The van der Waals surface area contributed by atoms with Gasteiger partial charge in [0.25, 0.3) is 0 Å². The highest BCUT2D eigenvalue weighted by Crippen LogP contribution is 2.30. The average molecular weight is 189 g/mol. The lowest BCUT2D eigenvalue weighted by atomic mass is 9.93. The van der Waals surface area contributed by atoms with E-state index >= 15 is 0 Å². The SMILES string of the molecule is CC1=CNC(C=O)c2ccc(O)cc21. The molecule has 0 amide bonds. The first kappa shape index (κ1) is 8.81. The maximum atomic E-state index is 10.8. The molecule has 1 atom stereocenters. The summed E-state index contributed by atoms with van der Waals surface area (Å²) >= 11 is 0. The van der Waals surface area contributed by atoms with Crippen molar-refractivity contribution in [2.45, 2.75) is 13.0 Å². The van der Waals surface area contributed by atoms with E-state index in [1.165, 1.54) is 0 Å². The number of nitrogens with one attached hydrogen (secondary N) is 1. The number of aldehydes is 1. The van der Waals surface area contributed by atoms with Crippen LogP contribution in [0.5, 0.6) is 5.75 Å². The second-order valence-corrected chi connectivity index (χ2v) is 3.38. The van der Waals surface area contributed by atoms with Crippen molar-refractivity contribution in [1.29, 1.82) is 0 Å². The molecule has 0 aliphatic carbocycles. The van der Waals surface area contributed by atoms with E-state index in [-0.39, 0.29) is 11.8 Å². The first-order chi connectivity index (χ1) is 6.72. The van der Waals surface area contributed by atoms with Gasteiger partial charge in [0.1, 0.15) is 18.1 Å². The molecule has 14 heavy (non-hydrogen) atoms. The molecule has 1 heterocycles. The number of phenols is 1. The number of fused-ring (bicyclic) bond motifs is 1. The second kappa shape index (κ2) is 3.18. The number of hydrogen-bond acceptors (Lipinski definition) is 3. The van der Waals surface area contributed by atoms with Crippen molar-refractivity contribution in [2.75, 3.05) is 0 Å². The zero-order valence-corrected chi connectivity index (χ0v) is 7.82. The van der Waals surface area contributed by atoms with Crippen LogP contribution >= 0.6 is 0 Å². The summed E-state index contributed by atoms with van der Waals surface area (Å²) in [5, 5.41) is 12.3. The molecule has 0 radical (unpaired) electrons. The lowest BCUT2D eigenvalue weighted by Crippen LogP contribution is -2.22. The van der Waals surface area contributed by atoms with E-state index in [4.69, 9.17) is 0 Å². The van der Waals surface area contributed by atoms with Gasteiger partial charge in [-0.1, -0.05) is 6.07 Å². The Morgan fingerprint density at radius 1 is 1.50 bits per heavy atom. The van der Waals surface area contributed by atoms with Gasteiger partial charge in [0.2, 0.25) is 0 Å². The zero-order valence-electron chi connectivity index (χ0n) is 7.82. The summed E-state index contributed by atoms with van der Waals surface area (Å²) in [4.78, 5) is 10.8. The van der Waals surface area contributed by atoms with Crippen molar-refractivity contribution in [3.05, 3.63) is 35.5 Å². The minimum Gasteiger partial charge on any atom is -0.508 e. The lowest BCUT2D eigenvalue weighted by molar-refractivity contribution is -0.109. The van der Waals surface area contributed by atoms with Crippen LogP contribution in [0.3, 0.4) is 0 Å². The highest BCUT2D eigenvalue weighted by Gasteiger charge is 2.18. The number of rotatable bonds is 1. The molecular formula is C11H11NO2. The Bertz CT molecular complexity index is 410. The zero-order chi connectivity index (χ0) is 10.1. The molecule has 0 bridgehead atoms. The summed E-state index contributed by atoms with van der Waals surface area (Å²) in [6.07, 6.45) is 2.65. The molecule has 0 spiro atoms. The molecule has 1 unspecified atom stereocenters. The monoisotopic (exact) mass is 189 g/mol. The van der Waals surface area contributed by atoms with Gasteiger partial charge in [-0.2, -0.15) is 0 Å². The molecule has 3 heteroatoms. The van der Waals surface area contributed by atoms with E-state index in [1.54, 1.807) is 24.4 Å². The summed E-state index contributed by atoms with van der Waals surface area (Å²) in [5.74, 6) is 0.225. The standard InChI is InChI=1S/C11H11NO2/c1-7-5-12-11(6-13)9-3-2-8(14)4-10(7)9/h2-6,11-12,14H,1H3. The molecular weight excluding hydrogens is 178 g/mol. The van der Waals surface area contributed by atoms with E-state index in [0.29, 0.717) is 0 Å². The third kappa shape index (κ3) is 1.27. The van der Waals surface area contributed by atoms with Crippen molar-refractivity contribution < 1.29 is 9.90 Å². The van der Waals surface area contributed by atoms with E-state index in [0.717, 1.165) is 23.0 Å². The van der Waals surface area contributed by atoms with Crippen molar-refractivity contribution in [1.82, 2.24) is 5.32 Å². The number of hydrogen-bond donors (Lipinski definition) is 2. The van der Waals surface area contributed by atoms with Gasteiger partial charge >= 0.3 is 0 Å². The number of carbonyl (C=O) groups is 1. The van der Waals surface area contributed by atoms with Gasteiger partial charge < -0.3 is 15.2 Å². The maximum Gasteiger partial charge on any atom is 0.146 e. The fourth-order valence-electron chi connectivity index (χ4n) is 1.65. The molecule has 2 N–H and O–H groups in total. The largest absolute Gasteiger partial charge is 0.508 e. The van der Waals surface area contributed by atoms with Crippen molar-refractivity contribution >= 4 is 11.9 Å². The third-order valence-electron chi connectivity index (χ3n) is 2.41. The van der Waals surface area contributed by atoms with Crippen LogP contribution in [0, 0.1) is 0 Å². The number of benzene rings is 1. The molecule has 1 aliphatic heterocycles. The number of allylic oxidation sites excluding steroid dienone is 1. The maximum absolute atomic E-state index is 10.8. The molecule has 1 aliphatic rings. The Kier molecular flexibility index (Phi) is 2.00. The molecule has 2 rings (SSSR count). The highest BCUT2D eigenvalue weighted by atomic mass is 16.3. The van der Waals surface area contributed by atoms with Gasteiger partial charge in [-0.3, -0.25) is 0 Å². The molecule has 1 aromatic carbocycles. The smallest absolute Gasteiger partial charge is 0.146 e. The molecule has 1 aromatic rings. The van der Waals surface area contributed by atoms with Crippen LogP contribution in [-0.4, -0.2) is 11.4 Å². The van der Waals surface area contributed by atoms with Gasteiger partial charge in [-0.25, -0.2) is 0 Å². The fraction of sp³-hybridized carbons (Fsp3) is 0.182. The first-order valence-electron chi connectivity index (χ1n) is 4.44. The van der Waals surface area contributed by atoms with E-state index < -0.39 is 0 Å². The third-order valence-corrected chi connectivity index (χ3v) is 2.41.